The Balaban J connectivity index is 1.69. The predicted octanol–water partition coefficient (Wildman–Crippen LogP) is 6.85. The van der Waals surface area contributed by atoms with Gasteiger partial charge in [-0.2, -0.15) is 0 Å². The lowest BCUT2D eigenvalue weighted by Crippen LogP contribution is -2.34. The van der Waals surface area contributed by atoms with E-state index in [-0.39, 0.29) is 16.4 Å². The van der Waals surface area contributed by atoms with E-state index >= 15 is 0 Å². The van der Waals surface area contributed by atoms with E-state index in [1.165, 1.54) is 35.1 Å². The van der Waals surface area contributed by atoms with Crippen LogP contribution in [0, 0.1) is 6.92 Å². The van der Waals surface area contributed by atoms with Gasteiger partial charge in [-0.15, -0.1) is 0 Å². The molecule has 2 unspecified atom stereocenters. The molecule has 2 aliphatic carbocycles. The van der Waals surface area contributed by atoms with Gasteiger partial charge in [0.15, 0.2) is 0 Å². The lowest BCUT2D eigenvalue weighted by molar-refractivity contribution is -0.0100. The van der Waals surface area contributed by atoms with E-state index in [0.29, 0.717) is 11.5 Å². The molecule has 0 bridgehead atoms. The summed E-state index contributed by atoms with van der Waals surface area (Å²) in [5.74, 6) is -0.442. The molecular formula is C28H36O3. The Labute approximate surface area is 186 Å². The Morgan fingerprint density at radius 3 is 2.10 bits per heavy atom. The van der Waals surface area contributed by atoms with Crippen LogP contribution >= 0.6 is 0 Å². The zero-order chi connectivity index (χ0) is 22.6. The molecule has 3 heteroatoms. The number of rotatable bonds is 4. The highest BCUT2D eigenvalue weighted by atomic mass is 16.5. The normalized spacial score (nSPS) is 26.5. The van der Waals surface area contributed by atoms with E-state index in [1.54, 1.807) is 19.2 Å². The number of carboxylic acids is 1. The molecule has 2 atom stereocenters. The highest BCUT2D eigenvalue weighted by molar-refractivity contribution is 5.87. The summed E-state index contributed by atoms with van der Waals surface area (Å²) in [6.45, 7) is 11.8. The van der Waals surface area contributed by atoms with Gasteiger partial charge in [0.05, 0.1) is 11.2 Å². The number of ether oxygens (including phenoxy) is 1. The smallest absolute Gasteiger partial charge is 0.335 e. The highest BCUT2D eigenvalue weighted by Gasteiger charge is 2.43. The zero-order valence-corrected chi connectivity index (χ0v) is 19.8. The predicted molar refractivity (Wildman–Crippen MR) is 125 cm³/mol. The number of aromatic carboxylic acids is 1. The second kappa shape index (κ2) is 7.48. The number of fused-ring (bicyclic) bond motifs is 1. The van der Waals surface area contributed by atoms with E-state index in [1.807, 2.05) is 12.1 Å². The van der Waals surface area contributed by atoms with E-state index in [9.17, 15) is 9.90 Å². The summed E-state index contributed by atoms with van der Waals surface area (Å²) in [5, 5.41) is 9.23. The van der Waals surface area contributed by atoms with Gasteiger partial charge in [-0.1, -0.05) is 52.0 Å². The molecule has 4 rings (SSSR count). The zero-order valence-electron chi connectivity index (χ0n) is 19.8. The maximum absolute atomic E-state index is 11.2. The van der Waals surface area contributed by atoms with Gasteiger partial charge in [0, 0.05) is 7.11 Å². The van der Waals surface area contributed by atoms with Crippen LogP contribution in [0.5, 0.6) is 0 Å². The van der Waals surface area contributed by atoms with Crippen molar-refractivity contribution in [2.45, 2.75) is 89.1 Å². The number of benzene rings is 2. The lowest BCUT2D eigenvalue weighted by Gasteiger charge is -2.42. The summed E-state index contributed by atoms with van der Waals surface area (Å²) in [6.07, 6.45) is 5.41. The fourth-order valence-electron chi connectivity index (χ4n) is 5.94. The molecule has 2 aromatic carbocycles. The van der Waals surface area contributed by atoms with Crippen LogP contribution in [0.4, 0.5) is 0 Å². The van der Waals surface area contributed by atoms with Crippen molar-refractivity contribution in [2.24, 2.45) is 0 Å². The summed E-state index contributed by atoms with van der Waals surface area (Å²) in [5.41, 5.74) is 7.38. The first-order valence-electron chi connectivity index (χ1n) is 11.5. The third kappa shape index (κ3) is 3.71. The van der Waals surface area contributed by atoms with Crippen molar-refractivity contribution in [3.05, 3.63) is 69.8 Å². The Bertz CT molecular complexity index is 1000. The Morgan fingerprint density at radius 2 is 1.55 bits per heavy atom. The molecule has 0 amide bonds. The maximum atomic E-state index is 11.2. The third-order valence-electron chi connectivity index (χ3n) is 8.20. The fourth-order valence-corrected chi connectivity index (χ4v) is 5.94. The minimum absolute atomic E-state index is 0.205. The Hall–Kier alpha value is -2.13. The van der Waals surface area contributed by atoms with Crippen molar-refractivity contribution in [2.75, 3.05) is 7.11 Å². The quantitative estimate of drug-likeness (QED) is 0.588. The molecule has 0 aliphatic heterocycles. The van der Waals surface area contributed by atoms with Gasteiger partial charge in [0.1, 0.15) is 0 Å². The first kappa shape index (κ1) is 22.1. The van der Waals surface area contributed by atoms with E-state index in [4.69, 9.17) is 4.74 Å². The first-order chi connectivity index (χ1) is 14.5. The molecule has 1 fully saturated rings. The van der Waals surface area contributed by atoms with Gasteiger partial charge < -0.3 is 9.84 Å². The molecule has 31 heavy (non-hydrogen) atoms. The van der Waals surface area contributed by atoms with Crippen molar-refractivity contribution in [1.29, 1.82) is 0 Å². The minimum atomic E-state index is -0.891. The maximum Gasteiger partial charge on any atom is 0.335 e. The second-order valence-corrected chi connectivity index (χ2v) is 11.0. The summed E-state index contributed by atoms with van der Waals surface area (Å²) in [6, 6.07) is 12.2. The van der Waals surface area contributed by atoms with Crippen LogP contribution in [-0.4, -0.2) is 18.2 Å². The Kier molecular flexibility index (Phi) is 5.33. The molecule has 2 aromatic rings. The molecular weight excluding hydrogens is 384 g/mol. The molecule has 1 saturated carbocycles. The minimum Gasteiger partial charge on any atom is -0.478 e. The summed E-state index contributed by atoms with van der Waals surface area (Å²) >= 11 is 0. The number of hydrogen-bond donors (Lipinski definition) is 1. The molecule has 2 aliphatic rings. The van der Waals surface area contributed by atoms with Crippen molar-refractivity contribution < 1.29 is 14.6 Å². The second-order valence-electron chi connectivity index (χ2n) is 11.0. The highest BCUT2D eigenvalue weighted by Crippen LogP contribution is 2.52. The Morgan fingerprint density at radius 1 is 0.968 bits per heavy atom. The van der Waals surface area contributed by atoms with Crippen LogP contribution in [0.15, 0.2) is 36.4 Å². The first-order valence-corrected chi connectivity index (χ1v) is 11.5. The molecule has 166 valence electrons. The van der Waals surface area contributed by atoms with E-state index < -0.39 is 5.97 Å². The van der Waals surface area contributed by atoms with Crippen LogP contribution in [0.3, 0.4) is 0 Å². The fraction of sp³-hybridized carbons (Fsp3) is 0.536. The molecule has 3 nitrogen and oxygen atoms in total. The van der Waals surface area contributed by atoms with Crippen molar-refractivity contribution >= 4 is 5.97 Å². The van der Waals surface area contributed by atoms with Crippen LogP contribution in [0.2, 0.25) is 0 Å². The van der Waals surface area contributed by atoms with Crippen LogP contribution < -0.4 is 0 Å². The van der Waals surface area contributed by atoms with Crippen LogP contribution in [0.1, 0.15) is 104 Å². The largest absolute Gasteiger partial charge is 0.478 e. The van der Waals surface area contributed by atoms with Gasteiger partial charge >= 0.3 is 5.97 Å². The van der Waals surface area contributed by atoms with Crippen molar-refractivity contribution in [3.8, 4) is 0 Å². The summed E-state index contributed by atoms with van der Waals surface area (Å²) < 4.78 is 6.12. The van der Waals surface area contributed by atoms with E-state index in [2.05, 4.69) is 46.8 Å². The summed E-state index contributed by atoms with van der Waals surface area (Å²) in [4.78, 5) is 11.2. The van der Waals surface area contributed by atoms with Crippen molar-refractivity contribution in [1.82, 2.24) is 0 Å². The lowest BCUT2D eigenvalue weighted by atomic mass is 9.62. The number of carbonyl (C=O) groups is 1. The molecule has 0 saturated heterocycles. The number of methoxy groups -OCH3 is 1. The molecule has 0 aromatic heterocycles. The van der Waals surface area contributed by atoms with Gasteiger partial charge in [-0.25, -0.2) is 4.79 Å². The number of carboxylic acid groups (broad SMARTS) is 1. The standard InChI is InChI=1S/C28H36O3/c1-18-15-23-24(27(4,5)14-13-26(23,2)3)16-22(18)20-11-12-28(17-20,31-6)21-9-7-19(8-10-21)25(29)30/h7-10,15-16,20H,11-14,17H2,1-6H3,(H,29,30). The topological polar surface area (TPSA) is 46.5 Å². The summed E-state index contributed by atoms with van der Waals surface area (Å²) in [7, 11) is 1.79. The van der Waals surface area contributed by atoms with Crippen LogP contribution in [0.25, 0.3) is 0 Å². The molecule has 1 N–H and O–H groups in total. The SMILES string of the molecule is COC1(c2ccc(C(=O)O)cc2)CCC(c2cc3c(cc2C)C(C)(C)CCC3(C)C)C1. The van der Waals surface area contributed by atoms with Gasteiger partial charge in [-0.05, 0) is 95.7 Å². The number of aryl methyl sites for hydroxylation is 1. The molecule has 0 spiro atoms. The van der Waals surface area contributed by atoms with Gasteiger partial charge in [0.25, 0.3) is 0 Å². The monoisotopic (exact) mass is 420 g/mol. The van der Waals surface area contributed by atoms with E-state index in [0.717, 1.165) is 24.8 Å². The van der Waals surface area contributed by atoms with Gasteiger partial charge in [0.2, 0.25) is 0 Å². The van der Waals surface area contributed by atoms with Crippen molar-refractivity contribution in [3.63, 3.8) is 0 Å². The van der Waals surface area contributed by atoms with Gasteiger partial charge in [-0.3, -0.25) is 0 Å². The average molecular weight is 421 g/mol. The molecule has 0 radical (unpaired) electrons. The van der Waals surface area contributed by atoms with Crippen LogP contribution in [-0.2, 0) is 21.2 Å². The molecule has 0 heterocycles. The third-order valence-corrected chi connectivity index (χ3v) is 8.20. The average Bonchev–Trinajstić information content (AvgIpc) is 3.17. The number of hydrogen-bond acceptors (Lipinski definition) is 2.